The smallest absolute Gasteiger partial charge is 0.310 e. The molecular formula is C19H17NO3. The number of carbonyl (C=O) groups is 1. The summed E-state index contributed by atoms with van der Waals surface area (Å²) < 4.78 is 4.74. The molecule has 2 aromatic carbocycles. The van der Waals surface area contributed by atoms with Crippen LogP contribution in [-0.2, 0) is 16.0 Å². The van der Waals surface area contributed by atoms with Crippen LogP contribution in [0, 0.1) is 6.92 Å². The van der Waals surface area contributed by atoms with Crippen molar-refractivity contribution in [1.29, 1.82) is 0 Å². The predicted octanol–water partition coefficient (Wildman–Crippen LogP) is 3.22. The Kier molecular flexibility index (Phi) is 3.98. The molecular weight excluding hydrogens is 290 g/mol. The summed E-state index contributed by atoms with van der Waals surface area (Å²) in [5, 5.41) is 0.917. The van der Waals surface area contributed by atoms with Crippen LogP contribution in [-0.4, -0.2) is 18.1 Å². The highest BCUT2D eigenvalue weighted by molar-refractivity contribution is 5.97. The van der Waals surface area contributed by atoms with Gasteiger partial charge in [0.1, 0.15) is 0 Å². The second-order valence-corrected chi connectivity index (χ2v) is 5.48. The quantitative estimate of drug-likeness (QED) is 0.756. The minimum absolute atomic E-state index is 0.0557. The summed E-state index contributed by atoms with van der Waals surface area (Å²) in [6.07, 6.45) is -0.0557. The molecule has 23 heavy (non-hydrogen) atoms. The van der Waals surface area contributed by atoms with Crippen LogP contribution >= 0.6 is 0 Å². The molecule has 0 aliphatic carbocycles. The van der Waals surface area contributed by atoms with Gasteiger partial charge in [-0.2, -0.15) is 0 Å². The van der Waals surface area contributed by atoms with E-state index in [4.69, 9.17) is 4.74 Å². The summed E-state index contributed by atoms with van der Waals surface area (Å²) in [4.78, 5) is 27.1. The Labute approximate surface area is 133 Å². The molecule has 0 spiro atoms. The van der Waals surface area contributed by atoms with Crippen LogP contribution < -0.4 is 5.56 Å². The monoisotopic (exact) mass is 307 g/mol. The van der Waals surface area contributed by atoms with Gasteiger partial charge in [0.25, 0.3) is 5.56 Å². The first-order chi connectivity index (χ1) is 11.1. The third-order valence-electron chi connectivity index (χ3n) is 3.88. The molecule has 0 unspecified atom stereocenters. The van der Waals surface area contributed by atoms with E-state index in [9.17, 15) is 9.59 Å². The van der Waals surface area contributed by atoms with Crippen LogP contribution in [0.4, 0.5) is 0 Å². The van der Waals surface area contributed by atoms with Crippen molar-refractivity contribution in [3.63, 3.8) is 0 Å². The minimum Gasteiger partial charge on any atom is -0.469 e. The lowest BCUT2D eigenvalue weighted by Gasteiger charge is -2.13. The molecule has 4 heteroatoms. The maximum atomic E-state index is 12.5. The van der Waals surface area contributed by atoms with Gasteiger partial charge >= 0.3 is 5.97 Å². The molecule has 116 valence electrons. The Morgan fingerprint density at radius 2 is 1.87 bits per heavy atom. The van der Waals surface area contributed by atoms with Crippen molar-refractivity contribution in [3.05, 3.63) is 70.0 Å². The molecule has 0 bridgehead atoms. The van der Waals surface area contributed by atoms with Crippen LogP contribution in [0.1, 0.15) is 11.1 Å². The lowest BCUT2D eigenvalue weighted by molar-refractivity contribution is -0.139. The van der Waals surface area contributed by atoms with Crippen LogP contribution in [0.3, 0.4) is 0 Å². The highest BCUT2D eigenvalue weighted by atomic mass is 16.5. The van der Waals surface area contributed by atoms with Crippen molar-refractivity contribution in [2.24, 2.45) is 0 Å². The fraction of sp³-hybridized carbons (Fsp3) is 0.158. The number of aromatic amines is 1. The van der Waals surface area contributed by atoms with E-state index in [0.29, 0.717) is 5.56 Å². The van der Waals surface area contributed by atoms with E-state index in [0.717, 1.165) is 27.6 Å². The minimum atomic E-state index is -0.431. The van der Waals surface area contributed by atoms with E-state index in [1.54, 1.807) is 0 Å². The Balaban J connectivity index is 2.37. The molecule has 0 radical (unpaired) electrons. The normalized spacial score (nSPS) is 10.7. The third kappa shape index (κ3) is 2.88. The summed E-state index contributed by atoms with van der Waals surface area (Å²) in [6, 6.07) is 15.5. The summed E-state index contributed by atoms with van der Waals surface area (Å²) >= 11 is 0. The van der Waals surface area contributed by atoms with E-state index in [-0.39, 0.29) is 12.0 Å². The summed E-state index contributed by atoms with van der Waals surface area (Å²) in [5.74, 6) is -0.431. The van der Waals surface area contributed by atoms with E-state index in [2.05, 4.69) is 4.98 Å². The predicted molar refractivity (Wildman–Crippen MR) is 90.5 cm³/mol. The van der Waals surface area contributed by atoms with Crippen molar-refractivity contribution in [1.82, 2.24) is 4.98 Å². The Morgan fingerprint density at radius 3 is 2.57 bits per heavy atom. The van der Waals surface area contributed by atoms with Gasteiger partial charge in [-0.15, -0.1) is 0 Å². The number of hydrogen-bond donors (Lipinski definition) is 1. The molecule has 4 nitrogen and oxygen atoms in total. The maximum Gasteiger partial charge on any atom is 0.310 e. The van der Waals surface area contributed by atoms with Crippen molar-refractivity contribution < 1.29 is 9.53 Å². The summed E-state index contributed by atoms with van der Waals surface area (Å²) in [7, 11) is 1.32. The number of benzene rings is 2. The SMILES string of the molecule is COC(=O)Cc1c(-c2ccccc2)c2ccc(C)cc2[nH]c1=O. The number of aryl methyl sites for hydroxylation is 1. The average Bonchev–Trinajstić information content (AvgIpc) is 2.56. The number of hydrogen-bond acceptors (Lipinski definition) is 3. The van der Waals surface area contributed by atoms with Crippen LogP contribution in [0.15, 0.2) is 53.3 Å². The Morgan fingerprint density at radius 1 is 1.13 bits per heavy atom. The summed E-state index contributed by atoms with van der Waals surface area (Å²) in [5.41, 5.74) is 3.70. The number of methoxy groups -OCH3 is 1. The zero-order valence-corrected chi connectivity index (χ0v) is 13.1. The van der Waals surface area contributed by atoms with Gasteiger partial charge in [-0.25, -0.2) is 0 Å². The largest absolute Gasteiger partial charge is 0.469 e. The van der Waals surface area contributed by atoms with E-state index >= 15 is 0 Å². The molecule has 0 fully saturated rings. The molecule has 1 heterocycles. The van der Waals surface area contributed by atoms with Gasteiger partial charge < -0.3 is 9.72 Å². The molecule has 1 N–H and O–H groups in total. The van der Waals surface area contributed by atoms with Gasteiger partial charge in [0.2, 0.25) is 0 Å². The van der Waals surface area contributed by atoms with E-state index in [1.807, 2.05) is 55.5 Å². The van der Waals surface area contributed by atoms with E-state index < -0.39 is 5.97 Å². The summed E-state index contributed by atoms with van der Waals surface area (Å²) in [6.45, 7) is 1.97. The lowest BCUT2D eigenvalue weighted by atomic mass is 9.94. The van der Waals surface area contributed by atoms with Gasteiger partial charge in [-0.3, -0.25) is 9.59 Å². The topological polar surface area (TPSA) is 59.2 Å². The standard InChI is InChI=1S/C19H17NO3/c1-12-8-9-14-16(10-12)20-19(22)15(11-17(21)23-2)18(14)13-6-4-3-5-7-13/h3-10H,11H2,1-2H3,(H,20,22). The van der Waals surface area contributed by atoms with Gasteiger partial charge in [0, 0.05) is 22.0 Å². The van der Waals surface area contributed by atoms with Crippen molar-refractivity contribution in [3.8, 4) is 11.1 Å². The molecule has 3 aromatic rings. The zero-order valence-electron chi connectivity index (χ0n) is 13.1. The van der Waals surface area contributed by atoms with Crippen LogP contribution in [0.25, 0.3) is 22.0 Å². The molecule has 0 amide bonds. The fourth-order valence-electron chi connectivity index (χ4n) is 2.77. The molecule has 0 aliphatic rings. The third-order valence-corrected chi connectivity index (χ3v) is 3.88. The fourth-order valence-corrected chi connectivity index (χ4v) is 2.77. The maximum absolute atomic E-state index is 12.5. The first kappa shape index (κ1) is 15.0. The first-order valence-corrected chi connectivity index (χ1v) is 7.38. The second kappa shape index (κ2) is 6.08. The van der Waals surface area contributed by atoms with Gasteiger partial charge in [-0.1, -0.05) is 42.5 Å². The van der Waals surface area contributed by atoms with Crippen molar-refractivity contribution in [2.45, 2.75) is 13.3 Å². The number of nitrogens with one attached hydrogen (secondary N) is 1. The van der Waals surface area contributed by atoms with Crippen LogP contribution in [0.2, 0.25) is 0 Å². The van der Waals surface area contributed by atoms with Gasteiger partial charge in [0.05, 0.1) is 13.5 Å². The highest BCUT2D eigenvalue weighted by Gasteiger charge is 2.17. The average molecular weight is 307 g/mol. The number of aromatic nitrogens is 1. The lowest BCUT2D eigenvalue weighted by Crippen LogP contribution is -2.19. The zero-order chi connectivity index (χ0) is 16.4. The number of fused-ring (bicyclic) bond motifs is 1. The Hall–Kier alpha value is -2.88. The molecule has 0 saturated heterocycles. The Bertz CT molecular complexity index is 926. The van der Waals surface area contributed by atoms with Gasteiger partial charge in [0.15, 0.2) is 0 Å². The number of ether oxygens (including phenoxy) is 1. The van der Waals surface area contributed by atoms with Crippen molar-refractivity contribution in [2.75, 3.05) is 7.11 Å². The highest BCUT2D eigenvalue weighted by Crippen LogP contribution is 2.30. The number of esters is 1. The number of pyridine rings is 1. The molecule has 1 aromatic heterocycles. The molecule has 3 rings (SSSR count). The van der Waals surface area contributed by atoms with Crippen LogP contribution in [0.5, 0.6) is 0 Å². The first-order valence-electron chi connectivity index (χ1n) is 7.38. The number of H-pyrrole nitrogens is 1. The molecule has 0 aliphatic heterocycles. The van der Waals surface area contributed by atoms with Crippen molar-refractivity contribution >= 4 is 16.9 Å². The van der Waals surface area contributed by atoms with Gasteiger partial charge in [-0.05, 0) is 24.1 Å². The van der Waals surface area contributed by atoms with E-state index in [1.165, 1.54) is 7.11 Å². The number of rotatable bonds is 3. The second-order valence-electron chi connectivity index (χ2n) is 5.48. The molecule has 0 atom stereocenters. The molecule has 0 saturated carbocycles. The number of carbonyl (C=O) groups excluding carboxylic acids is 1.